The van der Waals surface area contributed by atoms with Crippen molar-refractivity contribution in [2.75, 3.05) is 0 Å². The van der Waals surface area contributed by atoms with Crippen molar-refractivity contribution >= 4 is 11.6 Å². The molecular weight excluding hydrogens is 316 g/mol. The molecule has 1 atom stereocenters. The van der Waals surface area contributed by atoms with Crippen molar-refractivity contribution in [2.24, 2.45) is 0 Å². The van der Waals surface area contributed by atoms with Crippen LogP contribution in [0.25, 0.3) is 11.5 Å². The van der Waals surface area contributed by atoms with Crippen molar-refractivity contribution in [1.29, 1.82) is 0 Å². The summed E-state index contributed by atoms with van der Waals surface area (Å²) in [6.07, 6.45) is -0.547. The average Bonchev–Trinajstić information content (AvgIpc) is 3.02. The Labute approximate surface area is 138 Å². The van der Waals surface area contributed by atoms with Crippen LogP contribution in [0.5, 0.6) is 5.75 Å². The highest BCUT2D eigenvalue weighted by molar-refractivity contribution is 6.33. The molecule has 6 heteroatoms. The van der Waals surface area contributed by atoms with E-state index in [9.17, 15) is 5.11 Å². The van der Waals surface area contributed by atoms with Gasteiger partial charge in [-0.3, -0.25) is 0 Å². The molecule has 1 aromatic heterocycles. The number of aromatic nitrogens is 2. The summed E-state index contributed by atoms with van der Waals surface area (Å²) in [6.45, 7) is 1.84. The zero-order valence-corrected chi connectivity index (χ0v) is 13.2. The molecule has 0 aliphatic carbocycles. The molecule has 0 bridgehead atoms. The Morgan fingerprint density at radius 2 is 2.00 bits per heavy atom. The molecule has 0 aliphatic heterocycles. The van der Waals surface area contributed by atoms with Gasteiger partial charge in [0.1, 0.15) is 5.75 Å². The molecule has 0 radical (unpaired) electrons. The van der Waals surface area contributed by atoms with Crippen LogP contribution in [0.3, 0.4) is 0 Å². The lowest BCUT2D eigenvalue weighted by Gasteiger charge is -2.07. The fourth-order valence-electron chi connectivity index (χ4n) is 2.06. The molecule has 2 aromatic carbocycles. The normalized spacial score (nSPS) is 12.1. The largest absolute Gasteiger partial charge is 0.484 e. The van der Waals surface area contributed by atoms with Crippen molar-refractivity contribution in [3.05, 3.63) is 65.0 Å². The van der Waals surface area contributed by atoms with E-state index in [-0.39, 0.29) is 6.61 Å². The van der Waals surface area contributed by atoms with Crippen molar-refractivity contribution in [3.8, 4) is 17.2 Å². The molecule has 5 nitrogen and oxygen atoms in total. The van der Waals surface area contributed by atoms with Gasteiger partial charge in [0, 0.05) is 0 Å². The lowest BCUT2D eigenvalue weighted by molar-refractivity contribution is 0.198. The molecule has 0 spiro atoms. The molecular formula is C17H15ClN2O3. The van der Waals surface area contributed by atoms with Crippen LogP contribution in [0, 0.1) is 0 Å². The van der Waals surface area contributed by atoms with Crippen molar-refractivity contribution in [3.63, 3.8) is 0 Å². The third-order valence-corrected chi connectivity index (χ3v) is 3.60. The first-order valence-corrected chi connectivity index (χ1v) is 7.49. The highest BCUT2D eigenvalue weighted by atomic mass is 35.5. The summed E-state index contributed by atoms with van der Waals surface area (Å²) in [4.78, 5) is 0. The lowest BCUT2D eigenvalue weighted by atomic mass is 10.1. The van der Waals surface area contributed by atoms with Gasteiger partial charge in [0.2, 0.25) is 5.89 Å². The Bertz CT molecular complexity index is 802. The number of aliphatic hydroxyl groups is 1. The average molecular weight is 331 g/mol. The summed E-state index contributed by atoms with van der Waals surface area (Å²) in [5.41, 5.74) is 1.47. The molecule has 1 heterocycles. The minimum Gasteiger partial charge on any atom is -0.484 e. The predicted molar refractivity (Wildman–Crippen MR) is 86.2 cm³/mol. The smallest absolute Gasteiger partial charge is 0.254 e. The molecule has 0 saturated heterocycles. The first-order valence-electron chi connectivity index (χ1n) is 7.11. The van der Waals surface area contributed by atoms with Crippen LogP contribution in [0.15, 0.2) is 52.9 Å². The van der Waals surface area contributed by atoms with Gasteiger partial charge in [0.15, 0.2) is 6.61 Å². The number of benzene rings is 2. The van der Waals surface area contributed by atoms with Gasteiger partial charge in [-0.1, -0.05) is 35.9 Å². The third-order valence-electron chi connectivity index (χ3n) is 3.27. The first kappa shape index (κ1) is 15.5. The minimum atomic E-state index is -0.547. The fraction of sp³-hybridized carbons (Fsp3) is 0.176. The molecule has 1 N–H and O–H groups in total. The second-order valence-electron chi connectivity index (χ2n) is 5.02. The molecule has 0 saturated carbocycles. The lowest BCUT2D eigenvalue weighted by Crippen LogP contribution is -1.97. The Balaban J connectivity index is 1.70. The molecule has 3 aromatic rings. The van der Waals surface area contributed by atoms with Gasteiger partial charge >= 0.3 is 0 Å². The van der Waals surface area contributed by atoms with Crippen LogP contribution in [-0.2, 0) is 6.61 Å². The minimum absolute atomic E-state index is 0.140. The number of nitrogens with zero attached hydrogens (tertiary/aromatic N) is 2. The van der Waals surface area contributed by atoms with Crippen LogP contribution >= 0.6 is 11.6 Å². The number of ether oxygens (including phenoxy) is 1. The Morgan fingerprint density at radius 1 is 1.17 bits per heavy atom. The molecule has 23 heavy (non-hydrogen) atoms. The van der Waals surface area contributed by atoms with E-state index in [1.54, 1.807) is 25.1 Å². The van der Waals surface area contributed by atoms with E-state index in [4.69, 9.17) is 20.8 Å². The Morgan fingerprint density at radius 3 is 2.78 bits per heavy atom. The second kappa shape index (κ2) is 6.81. The SMILES string of the molecule is CC(O)c1cccc(OCc2nnc(-c3ccccc3Cl)o2)c1. The van der Waals surface area contributed by atoms with E-state index in [1.165, 1.54) is 0 Å². The zero-order chi connectivity index (χ0) is 16.2. The van der Waals surface area contributed by atoms with Crippen molar-refractivity contribution in [1.82, 2.24) is 10.2 Å². The summed E-state index contributed by atoms with van der Waals surface area (Å²) >= 11 is 6.11. The van der Waals surface area contributed by atoms with E-state index < -0.39 is 6.10 Å². The molecule has 1 unspecified atom stereocenters. The quantitative estimate of drug-likeness (QED) is 0.765. The Kier molecular flexibility index (Phi) is 4.60. The van der Waals surface area contributed by atoms with Gasteiger partial charge in [-0.15, -0.1) is 10.2 Å². The maximum absolute atomic E-state index is 9.58. The van der Waals surface area contributed by atoms with Crippen molar-refractivity contribution < 1.29 is 14.3 Å². The highest BCUT2D eigenvalue weighted by Gasteiger charge is 2.12. The van der Waals surface area contributed by atoms with Crippen LogP contribution in [0.1, 0.15) is 24.5 Å². The maximum atomic E-state index is 9.58. The van der Waals surface area contributed by atoms with E-state index in [0.29, 0.717) is 28.1 Å². The molecule has 0 fully saturated rings. The number of halogens is 1. The summed E-state index contributed by atoms with van der Waals surface area (Å²) < 4.78 is 11.2. The molecule has 0 amide bonds. The van der Waals surface area contributed by atoms with Crippen molar-refractivity contribution in [2.45, 2.75) is 19.6 Å². The molecule has 118 valence electrons. The monoisotopic (exact) mass is 330 g/mol. The number of hydrogen-bond acceptors (Lipinski definition) is 5. The highest BCUT2D eigenvalue weighted by Crippen LogP contribution is 2.26. The number of hydrogen-bond donors (Lipinski definition) is 1. The maximum Gasteiger partial charge on any atom is 0.254 e. The third kappa shape index (κ3) is 3.70. The van der Waals surface area contributed by atoms with Gasteiger partial charge in [-0.05, 0) is 36.8 Å². The molecule has 3 rings (SSSR count). The molecule has 0 aliphatic rings. The zero-order valence-electron chi connectivity index (χ0n) is 12.4. The summed E-state index contributed by atoms with van der Waals surface area (Å²) in [5.74, 6) is 1.33. The van der Waals surface area contributed by atoms with Crippen LogP contribution in [0.2, 0.25) is 5.02 Å². The van der Waals surface area contributed by atoms with Crippen LogP contribution in [-0.4, -0.2) is 15.3 Å². The fourth-order valence-corrected chi connectivity index (χ4v) is 2.28. The van der Waals surface area contributed by atoms with Crippen LogP contribution in [0.4, 0.5) is 0 Å². The predicted octanol–water partition coefficient (Wildman–Crippen LogP) is 4.02. The summed E-state index contributed by atoms with van der Waals surface area (Å²) in [6, 6.07) is 14.5. The van der Waals surface area contributed by atoms with E-state index in [0.717, 1.165) is 5.56 Å². The topological polar surface area (TPSA) is 68.4 Å². The summed E-state index contributed by atoms with van der Waals surface area (Å²) in [7, 11) is 0. The van der Waals surface area contributed by atoms with Gasteiger partial charge in [-0.25, -0.2) is 0 Å². The second-order valence-corrected chi connectivity index (χ2v) is 5.43. The number of aliphatic hydroxyl groups excluding tert-OH is 1. The van der Waals surface area contributed by atoms with Gasteiger partial charge in [-0.2, -0.15) is 0 Å². The van der Waals surface area contributed by atoms with E-state index in [1.807, 2.05) is 30.3 Å². The summed E-state index contributed by atoms with van der Waals surface area (Å²) in [5, 5.41) is 18.1. The number of rotatable bonds is 5. The van der Waals surface area contributed by atoms with E-state index >= 15 is 0 Å². The first-order chi connectivity index (χ1) is 11.1. The van der Waals surface area contributed by atoms with Gasteiger partial charge in [0.25, 0.3) is 5.89 Å². The van der Waals surface area contributed by atoms with Crippen LogP contribution < -0.4 is 4.74 Å². The van der Waals surface area contributed by atoms with Gasteiger partial charge in [0.05, 0.1) is 16.7 Å². The standard InChI is InChI=1S/C17H15ClN2O3/c1-11(21)12-5-4-6-13(9-12)22-10-16-19-20-17(23-16)14-7-2-3-8-15(14)18/h2-9,11,21H,10H2,1H3. The van der Waals surface area contributed by atoms with Gasteiger partial charge < -0.3 is 14.3 Å². The van der Waals surface area contributed by atoms with E-state index in [2.05, 4.69) is 10.2 Å². The Hall–Kier alpha value is -2.37.